The van der Waals surface area contributed by atoms with Gasteiger partial charge in [-0.05, 0) is 29.3 Å². The molecule has 7 heteroatoms. The van der Waals surface area contributed by atoms with Crippen molar-refractivity contribution >= 4 is 29.4 Å². The molecule has 0 fully saturated rings. The Kier molecular flexibility index (Phi) is 5.00. The fraction of sp³-hybridized carbons (Fsp3) is 0.167. The number of hydrogen-bond donors (Lipinski definition) is 2. The highest BCUT2D eigenvalue weighted by molar-refractivity contribution is 6.30. The third-order valence-electron chi connectivity index (χ3n) is 3.79. The molecule has 2 aromatic carbocycles. The molecule has 0 spiro atoms. The van der Waals surface area contributed by atoms with Gasteiger partial charge in [-0.3, -0.25) is 20.4 Å². The third-order valence-corrected chi connectivity index (χ3v) is 4.04. The fourth-order valence-corrected chi connectivity index (χ4v) is 2.65. The number of hydrazine groups is 1. The third kappa shape index (κ3) is 4.16. The van der Waals surface area contributed by atoms with E-state index in [4.69, 9.17) is 16.3 Å². The summed E-state index contributed by atoms with van der Waals surface area (Å²) in [7, 11) is 0. The Balaban J connectivity index is 1.53. The molecule has 0 saturated heterocycles. The van der Waals surface area contributed by atoms with Crippen LogP contribution in [-0.4, -0.2) is 23.9 Å². The zero-order chi connectivity index (χ0) is 17.8. The van der Waals surface area contributed by atoms with E-state index >= 15 is 0 Å². The number of halogens is 1. The van der Waals surface area contributed by atoms with Crippen LogP contribution in [-0.2, 0) is 27.2 Å². The van der Waals surface area contributed by atoms with Crippen molar-refractivity contribution < 1.29 is 19.1 Å². The Bertz CT molecular complexity index is 820. The summed E-state index contributed by atoms with van der Waals surface area (Å²) >= 11 is 5.79. The Morgan fingerprint density at radius 3 is 2.56 bits per heavy atom. The van der Waals surface area contributed by atoms with Gasteiger partial charge in [0.2, 0.25) is 5.91 Å². The zero-order valence-corrected chi connectivity index (χ0v) is 13.9. The lowest BCUT2D eigenvalue weighted by Gasteiger charge is -2.23. The SMILES string of the molecule is O=C(Cc1ccc(Cl)cc1)NNC(=O)C1Cc2ccccc2C(=O)O1. The lowest BCUT2D eigenvalue weighted by atomic mass is 9.98. The van der Waals surface area contributed by atoms with Crippen molar-refractivity contribution in [1.29, 1.82) is 0 Å². The van der Waals surface area contributed by atoms with E-state index in [9.17, 15) is 14.4 Å². The largest absolute Gasteiger partial charge is 0.448 e. The van der Waals surface area contributed by atoms with Crippen molar-refractivity contribution in [3.05, 3.63) is 70.2 Å². The number of carbonyl (C=O) groups excluding carboxylic acids is 3. The lowest BCUT2D eigenvalue weighted by Crippen LogP contribution is -2.49. The molecule has 0 saturated carbocycles. The minimum absolute atomic E-state index is 0.0880. The molecule has 128 valence electrons. The predicted molar refractivity (Wildman–Crippen MR) is 90.8 cm³/mol. The number of carbonyl (C=O) groups is 3. The van der Waals surface area contributed by atoms with Crippen LogP contribution in [0.5, 0.6) is 0 Å². The summed E-state index contributed by atoms with van der Waals surface area (Å²) in [6.07, 6.45) is -0.621. The summed E-state index contributed by atoms with van der Waals surface area (Å²) in [5, 5.41) is 0.580. The number of nitrogens with one attached hydrogen (secondary N) is 2. The first kappa shape index (κ1) is 17.0. The van der Waals surface area contributed by atoms with E-state index in [2.05, 4.69) is 10.9 Å². The maximum atomic E-state index is 12.1. The maximum Gasteiger partial charge on any atom is 0.339 e. The highest BCUT2D eigenvalue weighted by Gasteiger charge is 2.31. The van der Waals surface area contributed by atoms with Crippen LogP contribution < -0.4 is 10.9 Å². The van der Waals surface area contributed by atoms with Crippen LogP contribution in [0, 0.1) is 0 Å². The second kappa shape index (κ2) is 7.36. The van der Waals surface area contributed by atoms with E-state index in [1.54, 1.807) is 48.5 Å². The van der Waals surface area contributed by atoms with E-state index in [1.807, 2.05) is 0 Å². The number of amides is 2. The Hall–Kier alpha value is -2.86. The molecule has 3 rings (SSSR count). The van der Waals surface area contributed by atoms with Gasteiger partial charge in [-0.2, -0.15) is 0 Å². The summed E-state index contributed by atoms with van der Waals surface area (Å²) in [5.41, 5.74) is 6.57. The Morgan fingerprint density at radius 1 is 1.08 bits per heavy atom. The monoisotopic (exact) mass is 358 g/mol. The van der Waals surface area contributed by atoms with Gasteiger partial charge in [0.05, 0.1) is 12.0 Å². The number of cyclic esters (lactones) is 1. The molecule has 0 aromatic heterocycles. The molecule has 6 nitrogen and oxygen atoms in total. The van der Waals surface area contributed by atoms with Crippen molar-refractivity contribution in [2.75, 3.05) is 0 Å². The molecule has 2 amide bonds. The van der Waals surface area contributed by atoms with Gasteiger partial charge in [0.15, 0.2) is 6.10 Å². The van der Waals surface area contributed by atoms with Gasteiger partial charge in [-0.15, -0.1) is 0 Å². The van der Waals surface area contributed by atoms with Gasteiger partial charge in [0.1, 0.15) is 0 Å². The van der Waals surface area contributed by atoms with Crippen LogP contribution in [0.15, 0.2) is 48.5 Å². The van der Waals surface area contributed by atoms with Crippen LogP contribution in [0.1, 0.15) is 21.5 Å². The molecule has 1 aliphatic rings. The highest BCUT2D eigenvalue weighted by Crippen LogP contribution is 2.20. The maximum absolute atomic E-state index is 12.1. The molecule has 0 radical (unpaired) electrons. The molecular formula is C18H15ClN2O4. The standard InChI is InChI=1S/C18H15ClN2O4/c19-13-7-5-11(6-8-13)9-16(22)20-21-17(23)15-10-12-3-1-2-4-14(12)18(24)25-15/h1-8,15H,9-10H2,(H,20,22)(H,21,23). The van der Waals surface area contributed by atoms with E-state index in [-0.39, 0.29) is 12.8 Å². The van der Waals surface area contributed by atoms with Crippen molar-refractivity contribution in [1.82, 2.24) is 10.9 Å². The predicted octanol–water partition coefficient (Wildman–Crippen LogP) is 1.81. The average molecular weight is 359 g/mol. The number of hydrogen-bond acceptors (Lipinski definition) is 4. The number of fused-ring (bicyclic) bond motifs is 1. The molecule has 2 aromatic rings. The van der Waals surface area contributed by atoms with Gasteiger partial charge in [0.25, 0.3) is 5.91 Å². The molecule has 1 atom stereocenters. The molecule has 1 unspecified atom stereocenters. The fourth-order valence-electron chi connectivity index (χ4n) is 2.52. The topological polar surface area (TPSA) is 84.5 Å². The van der Waals surface area contributed by atoms with Gasteiger partial charge < -0.3 is 4.74 Å². The molecule has 2 N–H and O–H groups in total. The first-order chi connectivity index (χ1) is 12.0. The Morgan fingerprint density at radius 2 is 1.80 bits per heavy atom. The van der Waals surface area contributed by atoms with Gasteiger partial charge >= 0.3 is 5.97 Å². The van der Waals surface area contributed by atoms with E-state index < -0.39 is 23.9 Å². The van der Waals surface area contributed by atoms with Crippen molar-refractivity contribution in [2.45, 2.75) is 18.9 Å². The molecule has 1 heterocycles. The Labute approximate surface area is 149 Å². The van der Waals surface area contributed by atoms with Crippen LogP contribution >= 0.6 is 11.6 Å². The van der Waals surface area contributed by atoms with Crippen LogP contribution in [0.2, 0.25) is 5.02 Å². The molecule has 25 heavy (non-hydrogen) atoms. The van der Waals surface area contributed by atoms with E-state index in [1.165, 1.54) is 0 Å². The van der Waals surface area contributed by atoms with Gasteiger partial charge in [-0.1, -0.05) is 41.9 Å². The van der Waals surface area contributed by atoms with Crippen LogP contribution in [0.3, 0.4) is 0 Å². The van der Waals surface area contributed by atoms with Crippen molar-refractivity contribution in [2.24, 2.45) is 0 Å². The van der Waals surface area contributed by atoms with E-state index in [0.29, 0.717) is 10.6 Å². The quantitative estimate of drug-likeness (QED) is 0.647. The smallest absolute Gasteiger partial charge is 0.339 e. The second-order valence-corrected chi connectivity index (χ2v) is 6.03. The van der Waals surface area contributed by atoms with Gasteiger partial charge in [-0.25, -0.2) is 4.79 Å². The summed E-state index contributed by atoms with van der Waals surface area (Å²) < 4.78 is 5.12. The van der Waals surface area contributed by atoms with Crippen LogP contribution in [0.25, 0.3) is 0 Å². The molecule has 0 bridgehead atoms. The lowest BCUT2D eigenvalue weighted by molar-refractivity contribution is -0.134. The zero-order valence-electron chi connectivity index (χ0n) is 13.1. The van der Waals surface area contributed by atoms with E-state index in [0.717, 1.165) is 11.1 Å². The molecule has 0 aliphatic carbocycles. The normalized spacial score (nSPS) is 15.7. The highest BCUT2D eigenvalue weighted by atomic mass is 35.5. The summed E-state index contributed by atoms with van der Waals surface area (Å²) in [4.78, 5) is 35.9. The average Bonchev–Trinajstić information content (AvgIpc) is 2.61. The first-order valence-electron chi connectivity index (χ1n) is 7.65. The summed E-state index contributed by atoms with van der Waals surface area (Å²) in [6.45, 7) is 0. The number of rotatable bonds is 3. The summed E-state index contributed by atoms with van der Waals surface area (Å²) in [5.74, 6) is -1.51. The summed E-state index contributed by atoms with van der Waals surface area (Å²) in [6, 6.07) is 13.8. The first-order valence-corrected chi connectivity index (χ1v) is 8.03. The van der Waals surface area contributed by atoms with Crippen LogP contribution in [0.4, 0.5) is 0 Å². The van der Waals surface area contributed by atoms with Crippen molar-refractivity contribution in [3.8, 4) is 0 Å². The number of esters is 1. The molecular weight excluding hydrogens is 344 g/mol. The number of benzene rings is 2. The van der Waals surface area contributed by atoms with Gasteiger partial charge in [0, 0.05) is 11.4 Å². The minimum Gasteiger partial charge on any atom is -0.448 e. The second-order valence-electron chi connectivity index (χ2n) is 5.60. The molecule has 1 aliphatic heterocycles. The number of ether oxygens (including phenoxy) is 1. The van der Waals surface area contributed by atoms with Crippen molar-refractivity contribution in [3.63, 3.8) is 0 Å². The minimum atomic E-state index is -0.974.